The molecule has 0 aromatic heterocycles. The van der Waals surface area contributed by atoms with Crippen LogP contribution >= 0.6 is 0 Å². The Bertz CT molecular complexity index is 358. The van der Waals surface area contributed by atoms with E-state index in [0.29, 0.717) is 19.3 Å². The molecule has 2 N–H and O–H groups in total. The van der Waals surface area contributed by atoms with E-state index in [9.17, 15) is 14.7 Å². The number of carboxylic acids is 1. The average molecular weight is 283 g/mol. The molecule has 1 amide bonds. The molecule has 20 heavy (non-hydrogen) atoms. The first kappa shape index (κ1) is 15.3. The van der Waals surface area contributed by atoms with Gasteiger partial charge in [-0.1, -0.05) is 12.8 Å². The maximum Gasteiger partial charge on any atom is 0.307 e. The van der Waals surface area contributed by atoms with Gasteiger partial charge in [-0.25, -0.2) is 0 Å². The molecule has 0 aromatic rings. The van der Waals surface area contributed by atoms with E-state index in [-0.39, 0.29) is 24.5 Å². The van der Waals surface area contributed by atoms with Crippen LogP contribution in [0.4, 0.5) is 0 Å². The van der Waals surface area contributed by atoms with Crippen molar-refractivity contribution in [1.29, 1.82) is 0 Å². The van der Waals surface area contributed by atoms with Crippen molar-refractivity contribution in [3.63, 3.8) is 0 Å². The highest BCUT2D eigenvalue weighted by Crippen LogP contribution is 2.34. The Labute approximate surface area is 120 Å². The van der Waals surface area contributed by atoms with Crippen LogP contribution in [-0.2, 0) is 9.59 Å². The number of aliphatic carboxylic acids is 1. The van der Waals surface area contributed by atoms with E-state index >= 15 is 0 Å². The van der Waals surface area contributed by atoms with Gasteiger partial charge in [0.1, 0.15) is 0 Å². The SMILES string of the molecule is O=C(O)[C@H]1CCCC[C@H]1C(=O)N1CCCC1CCCO. The van der Waals surface area contributed by atoms with Crippen molar-refractivity contribution in [1.82, 2.24) is 4.90 Å². The Morgan fingerprint density at radius 2 is 1.75 bits per heavy atom. The second-order valence-electron chi connectivity index (χ2n) is 6.03. The molecule has 2 aliphatic rings. The van der Waals surface area contributed by atoms with Crippen LogP contribution in [0.1, 0.15) is 51.4 Å². The number of carbonyl (C=O) groups excluding carboxylic acids is 1. The molecule has 2 rings (SSSR count). The van der Waals surface area contributed by atoms with Gasteiger partial charge >= 0.3 is 5.97 Å². The van der Waals surface area contributed by atoms with Gasteiger partial charge in [-0.3, -0.25) is 9.59 Å². The molecular formula is C15H25NO4. The van der Waals surface area contributed by atoms with Crippen LogP contribution in [-0.4, -0.2) is 46.2 Å². The smallest absolute Gasteiger partial charge is 0.307 e. The molecular weight excluding hydrogens is 258 g/mol. The first-order valence-corrected chi connectivity index (χ1v) is 7.79. The third kappa shape index (κ3) is 3.32. The summed E-state index contributed by atoms with van der Waals surface area (Å²) in [6, 6.07) is 0.200. The highest BCUT2D eigenvalue weighted by atomic mass is 16.4. The van der Waals surface area contributed by atoms with E-state index in [1.54, 1.807) is 0 Å². The fourth-order valence-corrected chi connectivity index (χ4v) is 3.69. The lowest BCUT2D eigenvalue weighted by molar-refractivity contribution is -0.152. The minimum absolute atomic E-state index is 0.0394. The molecule has 1 heterocycles. The molecule has 1 unspecified atom stereocenters. The van der Waals surface area contributed by atoms with Gasteiger partial charge in [-0.2, -0.15) is 0 Å². The third-order valence-electron chi connectivity index (χ3n) is 4.76. The van der Waals surface area contributed by atoms with Gasteiger partial charge in [-0.05, 0) is 38.5 Å². The molecule has 3 atom stereocenters. The minimum atomic E-state index is -0.825. The Morgan fingerprint density at radius 3 is 2.40 bits per heavy atom. The molecule has 2 fully saturated rings. The monoisotopic (exact) mass is 283 g/mol. The number of nitrogens with zero attached hydrogens (tertiary/aromatic N) is 1. The summed E-state index contributed by atoms with van der Waals surface area (Å²) >= 11 is 0. The predicted octanol–water partition coefficient (Wildman–Crippen LogP) is 1.64. The van der Waals surface area contributed by atoms with Gasteiger partial charge in [0.2, 0.25) is 5.91 Å². The first-order valence-electron chi connectivity index (χ1n) is 7.79. The molecule has 1 aliphatic carbocycles. The zero-order valence-electron chi connectivity index (χ0n) is 12.0. The minimum Gasteiger partial charge on any atom is -0.481 e. The number of rotatable bonds is 5. The number of aliphatic hydroxyl groups is 1. The summed E-state index contributed by atoms with van der Waals surface area (Å²) in [5.41, 5.74) is 0. The van der Waals surface area contributed by atoms with Crippen molar-refractivity contribution in [3.8, 4) is 0 Å². The third-order valence-corrected chi connectivity index (χ3v) is 4.76. The summed E-state index contributed by atoms with van der Waals surface area (Å²) in [7, 11) is 0. The quantitative estimate of drug-likeness (QED) is 0.804. The van der Waals surface area contributed by atoms with Gasteiger partial charge in [0.05, 0.1) is 11.8 Å². The van der Waals surface area contributed by atoms with Crippen LogP contribution in [0.5, 0.6) is 0 Å². The lowest BCUT2D eigenvalue weighted by Crippen LogP contribution is -2.44. The molecule has 5 heteroatoms. The standard InChI is InChI=1S/C15H25NO4/c17-10-4-6-11-5-3-9-16(11)14(18)12-7-1-2-8-13(12)15(19)20/h11-13,17H,1-10H2,(H,19,20)/t11?,12-,13+/m1/s1. The molecule has 1 saturated carbocycles. The maximum atomic E-state index is 12.7. The predicted molar refractivity (Wildman–Crippen MR) is 74.1 cm³/mol. The molecule has 1 saturated heterocycles. The largest absolute Gasteiger partial charge is 0.481 e. The molecule has 1 aliphatic heterocycles. The van der Waals surface area contributed by atoms with E-state index in [0.717, 1.165) is 38.6 Å². The van der Waals surface area contributed by atoms with Crippen molar-refractivity contribution in [2.75, 3.05) is 13.2 Å². The normalized spacial score (nSPS) is 30.4. The van der Waals surface area contributed by atoms with E-state index in [4.69, 9.17) is 5.11 Å². The summed E-state index contributed by atoms with van der Waals surface area (Å²) in [6.07, 6.45) is 6.71. The van der Waals surface area contributed by atoms with Crippen LogP contribution < -0.4 is 0 Å². The maximum absolute atomic E-state index is 12.7. The van der Waals surface area contributed by atoms with Gasteiger partial charge in [0.15, 0.2) is 0 Å². The number of carbonyl (C=O) groups is 2. The number of amides is 1. The Hall–Kier alpha value is -1.10. The molecule has 0 aromatic carbocycles. The van der Waals surface area contributed by atoms with Gasteiger partial charge in [0, 0.05) is 19.2 Å². The van der Waals surface area contributed by atoms with Crippen LogP contribution in [0.2, 0.25) is 0 Å². The average Bonchev–Trinajstić information content (AvgIpc) is 2.92. The molecule has 114 valence electrons. The second kappa shape index (κ2) is 7.07. The zero-order chi connectivity index (χ0) is 14.5. The van der Waals surface area contributed by atoms with Crippen LogP contribution in [0.25, 0.3) is 0 Å². The fraction of sp³-hybridized carbons (Fsp3) is 0.867. The van der Waals surface area contributed by atoms with E-state index < -0.39 is 11.9 Å². The van der Waals surface area contributed by atoms with Crippen LogP contribution in [0, 0.1) is 11.8 Å². The van der Waals surface area contributed by atoms with Crippen molar-refractivity contribution in [3.05, 3.63) is 0 Å². The molecule has 0 bridgehead atoms. The topological polar surface area (TPSA) is 77.8 Å². The number of hydrogen-bond donors (Lipinski definition) is 2. The summed E-state index contributed by atoms with van der Waals surface area (Å²) in [4.78, 5) is 25.9. The highest BCUT2D eigenvalue weighted by molar-refractivity contribution is 5.85. The van der Waals surface area contributed by atoms with E-state index in [2.05, 4.69) is 0 Å². The first-order chi connectivity index (χ1) is 9.65. The van der Waals surface area contributed by atoms with Gasteiger partial charge in [0.25, 0.3) is 0 Å². The summed E-state index contributed by atoms with van der Waals surface area (Å²) in [6.45, 7) is 0.900. The molecule has 5 nitrogen and oxygen atoms in total. The molecule has 0 radical (unpaired) electrons. The second-order valence-corrected chi connectivity index (χ2v) is 6.03. The zero-order valence-corrected chi connectivity index (χ0v) is 12.0. The summed E-state index contributed by atoms with van der Waals surface area (Å²) in [5.74, 6) is -1.63. The van der Waals surface area contributed by atoms with Crippen molar-refractivity contribution < 1.29 is 19.8 Å². The van der Waals surface area contributed by atoms with Crippen LogP contribution in [0.3, 0.4) is 0 Å². The molecule has 0 spiro atoms. The fourth-order valence-electron chi connectivity index (χ4n) is 3.69. The van der Waals surface area contributed by atoms with E-state index in [1.165, 1.54) is 0 Å². The highest BCUT2D eigenvalue weighted by Gasteiger charge is 2.40. The Kier molecular flexibility index (Phi) is 5.40. The summed E-state index contributed by atoms with van der Waals surface area (Å²) < 4.78 is 0. The lowest BCUT2D eigenvalue weighted by atomic mass is 9.78. The lowest BCUT2D eigenvalue weighted by Gasteiger charge is -2.33. The van der Waals surface area contributed by atoms with Gasteiger partial charge < -0.3 is 15.1 Å². The van der Waals surface area contributed by atoms with Crippen molar-refractivity contribution in [2.24, 2.45) is 11.8 Å². The van der Waals surface area contributed by atoms with Gasteiger partial charge in [-0.15, -0.1) is 0 Å². The Morgan fingerprint density at radius 1 is 1.05 bits per heavy atom. The van der Waals surface area contributed by atoms with E-state index in [1.807, 2.05) is 4.90 Å². The number of aliphatic hydroxyl groups excluding tert-OH is 1. The Balaban J connectivity index is 2.02. The number of likely N-dealkylation sites (tertiary alicyclic amines) is 1. The van der Waals surface area contributed by atoms with Crippen molar-refractivity contribution in [2.45, 2.75) is 57.4 Å². The van der Waals surface area contributed by atoms with Crippen molar-refractivity contribution >= 4 is 11.9 Å². The number of carboxylic acid groups (broad SMARTS) is 1. The van der Waals surface area contributed by atoms with Crippen LogP contribution in [0.15, 0.2) is 0 Å². The summed E-state index contributed by atoms with van der Waals surface area (Å²) in [5, 5.41) is 18.2. The number of hydrogen-bond acceptors (Lipinski definition) is 3.